The lowest BCUT2D eigenvalue weighted by Crippen LogP contribution is -2.12. The number of aryl methyl sites for hydroxylation is 1. The Balaban J connectivity index is 2.46. The summed E-state index contributed by atoms with van der Waals surface area (Å²) in [6, 6.07) is 6.19. The Morgan fingerprint density at radius 2 is 2.14 bits per heavy atom. The number of carbonyl (C=O) groups excluding carboxylic acids is 1. The Bertz CT molecular complexity index is 371. The molecule has 0 saturated heterocycles. The van der Waals surface area contributed by atoms with Gasteiger partial charge in [-0.3, -0.25) is 4.79 Å². The third-order valence-electron chi connectivity index (χ3n) is 2.73. The summed E-state index contributed by atoms with van der Waals surface area (Å²) in [5, 5.41) is 2.98. The summed E-state index contributed by atoms with van der Waals surface area (Å²) in [5.74, 6) is 0.587. The third kappa shape index (κ3) is 1.65. The van der Waals surface area contributed by atoms with Crippen molar-refractivity contribution in [2.75, 3.05) is 5.32 Å². The zero-order chi connectivity index (χ0) is 10.1. The molecule has 1 heterocycles. The second-order valence-electron chi connectivity index (χ2n) is 4.17. The van der Waals surface area contributed by atoms with Crippen molar-refractivity contribution < 1.29 is 4.79 Å². The summed E-state index contributed by atoms with van der Waals surface area (Å²) in [6.45, 7) is 4.16. The van der Waals surface area contributed by atoms with Gasteiger partial charge in [0, 0.05) is 12.1 Å². The molecule has 2 nitrogen and oxygen atoms in total. The zero-order valence-electron chi connectivity index (χ0n) is 8.63. The van der Waals surface area contributed by atoms with E-state index in [1.54, 1.807) is 0 Å². The lowest BCUT2D eigenvalue weighted by Gasteiger charge is -2.09. The topological polar surface area (TPSA) is 29.1 Å². The quantitative estimate of drug-likeness (QED) is 0.667. The Hall–Kier alpha value is -1.31. The van der Waals surface area contributed by atoms with Crippen molar-refractivity contribution in [1.29, 1.82) is 0 Å². The number of fused-ring (bicyclic) bond motifs is 1. The molecule has 0 radical (unpaired) electrons. The van der Waals surface area contributed by atoms with E-state index in [9.17, 15) is 4.79 Å². The Morgan fingerprint density at radius 1 is 1.36 bits per heavy atom. The van der Waals surface area contributed by atoms with E-state index >= 15 is 0 Å². The highest BCUT2D eigenvalue weighted by atomic mass is 16.1. The minimum absolute atomic E-state index is 0.144. The predicted molar refractivity (Wildman–Crippen MR) is 57.3 cm³/mol. The lowest BCUT2D eigenvalue weighted by molar-refractivity contribution is -0.116. The first-order valence-electron chi connectivity index (χ1n) is 5.05. The van der Waals surface area contributed by atoms with Gasteiger partial charge in [-0.25, -0.2) is 0 Å². The van der Waals surface area contributed by atoms with E-state index < -0.39 is 0 Å². The van der Waals surface area contributed by atoms with Crippen LogP contribution in [0.3, 0.4) is 0 Å². The predicted octanol–water partition coefficient (Wildman–Crippen LogP) is 2.52. The van der Waals surface area contributed by atoms with Gasteiger partial charge in [-0.2, -0.15) is 0 Å². The number of para-hydroxylation sites is 1. The summed E-state index contributed by atoms with van der Waals surface area (Å²) >= 11 is 0. The van der Waals surface area contributed by atoms with E-state index in [0.717, 1.165) is 17.7 Å². The second-order valence-corrected chi connectivity index (χ2v) is 4.17. The van der Waals surface area contributed by atoms with E-state index in [0.29, 0.717) is 12.3 Å². The first-order chi connectivity index (χ1) is 6.66. The molecule has 0 spiro atoms. The van der Waals surface area contributed by atoms with E-state index in [1.165, 1.54) is 5.56 Å². The molecule has 0 aromatic heterocycles. The fourth-order valence-electron chi connectivity index (χ4n) is 2.03. The van der Waals surface area contributed by atoms with Gasteiger partial charge in [-0.05, 0) is 30.4 Å². The number of rotatable bonds is 0. The molecule has 1 aromatic rings. The molecule has 1 amide bonds. The van der Waals surface area contributed by atoms with Gasteiger partial charge in [-0.15, -0.1) is 0 Å². The Morgan fingerprint density at radius 3 is 2.93 bits per heavy atom. The van der Waals surface area contributed by atoms with Crippen molar-refractivity contribution in [3.8, 4) is 0 Å². The SMILES string of the molecule is Cc1cccc2c1NC(=O)CC(C)C2. The van der Waals surface area contributed by atoms with E-state index in [1.807, 2.05) is 13.0 Å². The molecule has 0 fully saturated rings. The van der Waals surface area contributed by atoms with Gasteiger partial charge >= 0.3 is 0 Å². The number of benzene rings is 1. The summed E-state index contributed by atoms with van der Waals surface area (Å²) in [7, 11) is 0. The summed E-state index contributed by atoms with van der Waals surface area (Å²) < 4.78 is 0. The number of hydrogen-bond acceptors (Lipinski definition) is 1. The normalized spacial score (nSPS) is 21.0. The molecule has 0 saturated carbocycles. The van der Waals surface area contributed by atoms with Crippen molar-refractivity contribution in [2.24, 2.45) is 5.92 Å². The summed E-state index contributed by atoms with van der Waals surface area (Å²) in [4.78, 5) is 11.5. The smallest absolute Gasteiger partial charge is 0.224 e. The first kappa shape index (κ1) is 9.25. The average molecular weight is 189 g/mol. The number of carbonyl (C=O) groups is 1. The number of hydrogen-bond donors (Lipinski definition) is 1. The van der Waals surface area contributed by atoms with Gasteiger partial charge in [0.25, 0.3) is 0 Å². The van der Waals surface area contributed by atoms with Crippen LogP contribution in [0.15, 0.2) is 18.2 Å². The van der Waals surface area contributed by atoms with Gasteiger partial charge in [0.05, 0.1) is 0 Å². The highest BCUT2D eigenvalue weighted by Crippen LogP contribution is 2.27. The van der Waals surface area contributed by atoms with Gasteiger partial charge in [0.15, 0.2) is 0 Å². The standard InChI is InChI=1S/C12H15NO/c1-8-6-10-5-3-4-9(2)12(10)13-11(14)7-8/h3-5,8H,6-7H2,1-2H3,(H,13,14). The van der Waals surface area contributed by atoms with Gasteiger partial charge in [0.2, 0.25) is 5.91 Å². The number of nitrogens with one attached hydrogen (secondary N) is 1. The molecule has 1 atom stereocenters. The van der Waals surface area contributed by atoms with Gasteiger partial charge in [-0.1, -0.05) is 25.1 Å². The molecule has 1 aliphatic heterocycles. The van der Waals surface area contributed by atoms with Crippen LogP contribution in [0.25, 0.3) is 0 Å². The fourth-order valence-corrected chi connectivity index (χ4v) is 2.03. The van der Waals surface area contributed by atoms with E-state index in [-0.39, 0.29) is 5.91 Å². The van der Waals surface area contributed by atoms with Gasteiger partial charge in [0.1, 0.15) is 0 Å². The van der Waals surface area contributed by atoms with Crippen molar-refractivity contribution >= 4 is 11.6 Å². The summed E-state index contributed by atoms with van der Waals surface area (Å²) in [5.41, 5.74) is 3.45. The molecule has 1 aliphatic rings. The van der Waals surface area contributed by atoms with Crippen LogP contribution in [0.1, 0.15) is 24.5 Å². The third-order valence-corrected chi connectivity index (χ3v) is 2.73. The van der Waals surface area contributed by atoms with Crippen LogP contribution in [0.2, 0.25) is 0 Å². The maximum atomic E-state index is 11.5. The number of anilines is 1. The van der Waals surface area contributed by atoms with Crippen LogP contribution in [0.5, 0.6) is 0 Å². The molecule has 14 heavy (non-hydrogen) atoms. The number of amides is 1. The Kier molecular flexibility index (Phi) is 2.28. The molecule has 1 N–H and O–H groups in total. The van der Waals surface area contributed by atoms with Crippen molar-refractivity contribution in [1.82, 2.24) is 0 Å². The molecule has 74 valence electrons. The van der Waals surface area contributed by atoms with Gasteiger partial charge < -0.3 is 5.32 Å². The van der Waals surface area contributed by atoms with Crippen LogP contribution in [-0.4, -0.2) is 5.91 Å². The molecular formula is C12H15NO. The molecular weight excluding hydrogens is 174 g/mol. The van der Waals surface area contributed by atoms with Crippen LogP contribution in [0.4, 0.5) is 5.69 Å². The monoisotopic (exact) mass is 189 g/mol. The highest BCUT2D eigenvalue weighted by molar-refractivity contribution is 5.93. The maximum Gasteiger partial charge on any atom is 0.224 e. The minimum atomic E-state index is 0.144. The molecule has 1 unspecified atom stereocenters. The molecule has 1 aromatic carbocycles. The van der Waals surface area contributed by atoms with E-state index in [2.05, 4.69) is 24.4 Å². The van der Waals surface area contributed by atoms with Crippen molar-refractivity contribution in [3.63, 3.8) is 0 Å². The van der Waals surface area contributed by atoms with E-state index in [4.69, 9.17) is 0 Å². The van der Waals surface area contributed by atoms with Crippen LogP contribution in [0, 0.1) is 12.8 Å². The first-order valence-corrected chi connectivity index (χ1v) is 5.05. The molecule has 0 bridgehead atoms. The molecule has 2 heteroatoms. The summed E-state index contributed by atoms with van der Waals surface area (Å²) in [6.07, 6.45) is 1.63. The van der Waals surface area contributed by atoms with Crippen LogP contribution in [-0.2, 0) is 11.2 Å². The Labute approximate surface area is 84.3 Å². The lowest BCUT2D eigenvalue weighted by atomic mass is 9.97. The molecule has 2 rings (SSSR count). The van der Waals surface area contributed by atoms with Crippen LogP contribution >= 0.6 is 0 Å². The van der Waals surface area contributed by atoms with Crippen LogP contribution < -0.4 is 5.32 Å². The zero-order valence-corrected chi connectivity index (χ0v) is 8.63. The largest absolute Gasteiger partial charge is 0.326 e. The maximum absolute atomic E-state index is 11.5. The van der Waals surface area contributed by atoms with Crippen molar-refractivity contribution in [2.45, 2.75) is 26.7 Å². The minimum Gasteiger partial charge on any atom is -0.326 e. The molecule has 0 aliphatic carbocycles. The second kappa shape index (κ2) is 3.45. The average Bonchev–Trinajstić information content (AvgIpc) is 2.23. The highest BCUT2D eigenvalue weighted by Gasteiger charge is 2.18. The van der Waals surface area contributed by atoms with Crippen molar-refractivity contribution in [3.05, 3.63) is 29.3 Å². The fraction of sp³-hybridized carbons (Fsp3) is 0.417.